The summed E-state index contributed by atoms with van der Waals surface area (Å²) in [5.41, 5.74) is -0.283. The van der Waals surface area contributed by atoms with Crippen molar-refractivity contribution >= 4 is 28.4 Å². The number of fused-ring (bicyclic) bond motifs is 7. The molecule has 0 bridgehead atoms. The highest BCUT2D eigenvalue weighted by Gasteiger charge is 2.69. The lowest BCUT2D eigenvalue weighted by Crippen LogP contribution is -2.65. The molecule has 5 rings (SSSR count). The van der Waals surface area contributed by atoms with Gasteiger partial charge in [-0.1, -0.05) is 53.2 Å². The smallest absolute Gasteiger partial charge is 0.228 e. The summed E-state index contributed by atoms with van der Waals surface area (Å²) in [6, 6.07) is 2.14. The summed E-state index contributed by atoms with van der Waals surface area (Å²) >= 11 is 6.35. The first-order chi connectivity index (χ1) is 16.2. The zero-order valence-corrected chi connectivity index (χ0v) is 22.7. The van der Waals surface area contributed by atoms with E-state index in [0.717, 1.165) is 50.5 Å². The van der Waals surface area contributed by atoms with Crippen LogP contribution in [-0.2, 0) is 14.4 Å². The minimum absolute atomic E-state index is 0.0558. The van der Waals surface area contributed by atoms with E-state index in [2.05, 4.69) is 40.7 Å². The van der Waals surface area contributed by atoms with Crippen LogP contribution >= 0.6 is 11.6 Å². The van der Waals surface area contributed by atoms with Gasteiger partial charge in [-0.25, -0.2) is 0 Å². The second-order valence-electron chi connectivity index (χ2n) is 13.8. The summed E-state index contributed by atoms with van der Waals surface area (Å²) in [5, 5.41) is 9.46. The lowest BCUT2D eigenvalue weighted by atomic mass is 9.35. The number of rotatable bonds is 1. The molecule has 0 aliphatic heterocycles. The molecule has 0 radical (unpaired) electrons. The highest BCUT2D eigenvalue weighted by Crippen LogP contribution is 2.74. The van der Waals surface area contributed by atoms with Crippen LogP contribution in [0.2, 0.25) is 0 Å². The van der Waals surface area contributed by atoms with Gasteiger partial charge in [-0.3, -0.25) is 14.4 Å². The van der Waals surface area contributed by atoms with E-state index < -0.39 is 10.8 Å². The number of hydrogen-bond acceptors (Lipinski definition) is 4. The van der Waals surface area contributed by atoms with Gasteiger partial charge in [0.2, 0.25) is 5.24 Å². The molecule has 35 heavy (non-hydrogen) atoms. The molecule has 5 aliphatic carbocycles. The summed E-state index contributed by atoms with van der Waals surface area (Å²) in [6.45, 7) is 13.2. The van der Waals surface area contributed by atoms with Gasteiger partial charge in [0.25, 0.3) is 0 Å². The molecular formula is C30H38ClNO3. The fraction of sp³-hybridized carbons (Fsp3) is 0.733. The monoisotopic (exact) mass is 495 g/mol. The lowest BCUT2D eigenvalue weighted by Gasteiger charge is -2.68. The van der Waals surface area contributed by atoms with Crippen molar-refractivity contribution in [1.82, 2.24) is 0 Å². The van der Waals surface area contributed by atoms with Crippen LogP contribution in [0.25, 0.3) is 0 Å². The zero-order valence-electron chi connectivity index (χ0n) is 22.0. The molecular weight excluding hydrogens is 458 g/mol. The second kappa shape index (κ2) is 7.41. The van der Waals surface area contributed by atoms with Crippen molar-refractivity contribution in [2.45, 2.75) is 86.5 Å². The van der Waals surface area contributed by atoms with E-state index in [9.17, 15) is 19.6 Å². The van der Waals surface area contributed by atoms with Gasteiger partial charge >= 0.3 is 0 Å². The van der Waals surface area contributed by atoms with Crippen LogP contribution < -0.4 is 0 Å². The maximum atomic E-state index is 14.2. The highest BCUT2D eigenvalue weighted by molar-refractivity contribution is 6.64. The van der Waals surface area contributed by atoms with Crippen LogP contribution in [0.4, 0.5) is 0 Å². The van der Waals surface area contributed by atoms with E-state index in [4.69, 9.17) is 11.6 Å². The van der Waals surface area contributed by atoms with Crippen molar-refractivity contribution in [3.8, 4) is 6.07 Å². The van der Waals surface area contributed by atoms with E-state index in [-0.39, 0.29) is 62.3 Å². The summed E-state index contributed by atoms with van der Waals surface area (Å²) in [6.07, 6.45) is 9.61. The van der Waals surface area contributed by atoms with Crippen LogP contribution in [0.1, 0.15) is 86.5 Å². The Balaban J connectivity index is 1.70. The Hall–Kier alpha value is -1.73. The number of nitrogens with zero attached hydrogens (tertiary/aromatic N) is 1. The van der Waals surface area contributed by atoms with Crippen molar-refractivity contribution in [2.75, 3.05) is 0 Å². The molecule has 3 saturated carbocycles. The van der Waals surface area contributed by atoms with Gasteiger partial charge in [0, 0.05) is 22.7 Å². The largest absolute Gasteiger partial charge is 0.295 e. The molecule has 0 N–H and O–H groups in total. The Labute approximate surface area is 214 Å². The predicted octanol–water partition coefficient (Wildman–Crippen LogP) is 6.58. The standard InChI is InChI=1S/C30H38ClNO3/c1-17-19-7-8-28(5)22(27(19,4)14-18(16-32)24(17)34)13-21(33)23-20-15-26(2,3)9-11-30(20,25(31)35)12-10-29(23,28)6/h13-14,17,19-20,23H,7-12,15H2,1-6H3/t17-,19-,20?,23?,27?,28+,29+,30-/m0/s1. The minimum Gasteiger partial charge on any atom is -0.295 e. The number of halogens is 1. The Morgan fingerprint density at radius 2 is 1.69 bits per heavy atom. The van der Waals surface area contributed by atoms with Crippen LogP contribution in [0.5, 0.6) is 0 Å². The van der Waals surface area contributed by atoms with Gasteiger partial charge in [-0.15, -0.1) is 0 Å². The highest BCUT2D eigenvalue weighted by atomic mass is 35.5. The third-order valence-electron chi connectivity index (χ3n) is 11.9. The average Bonchev–Trinajstić information content (AvgIpc) is 2.77. The van der Waals surface area contributed by atoms with Gasteiger partial charge in [-0.2, -0.15) is 5.26 Å². The van der Waals surface area contributed by atoms with E-state index in [1.165, 1.54) is 0 Å². The van der Waals surface area contributed by atoms with Gasteiger partial charge in [0.15, 0.2) is 11.6 Å². The fourth-order valence-corrected chi connectivity index (χ4v) is 9.93. The SMILES string of the molecule is C[C@@H]1C(=O)C(C#N)=CC2(C)C3=CC(=O)C4C5CC(C)(C)CC[C@]5(C(=O)Cl)CC[C@@]4(C)[C@]3(C)CC[C@@H]12. The van der Waals surface area contributed by atoms with E-state index in [1.807, 2.05) is 19.1 Å². The molecule has 3 unspecified atom stereocenters. The van der Waals surface area contributed by atoms with Gasteiger partial charge < -0.3 is 0 Å². The van der Waals surface area contributed by atoms with E-state index >= 15 is 0 Å². The Kier molecular flexibility index (Phi) is 5.28. The Bertz CT molecular complexity index is 1140. The molecule has 5 aliphatic rings. The second-order valence-corrected chi connectivity index (χ2v) is 14.2. The molecule has 8 atom stereocenters. The average molecular weight is 496 g/mol. The molecule has 0 heterocycles. The summed E-state index contributed by atoms with van der Waals surface area (Å²) < 4.78 is 0. The van der Waals surface area contributed by atoms with Crippen molar-refractivity contribution in [1.29, 1.82) is 5.26 Å². The molecule has 188 valence electrons. The molecule has 4 nitrogen and oxygen atoms in total. The molecule has 0 saturated heterocycles. The molecule has 5 heteroatoms. The third kappa shape index (κ3) is 3.00. The van der Waals surface area contributed by atoms with Crippen LogP contribution in [-0.4, -0.2) is 16.8 Å². The minimum atomic E-state index is -0.612. The van der Waals surface area contributed by atoms with Gasteiger partial charge in [0.05, 0.1) is 5.57 Å². The van der Waals surface area contributed by atoms with Gasteiger partial charge in [-0.05, 0) is 90.7 Å². The van der Waals surface area contributed by atoms with Crippen molar-refractivity contribution in [2.24, 2.45) is 50.7 Å². The fourth-order valence-electron chi connectivity index (χ4n) is 9.60. The Morgan fingerprint density at radius 1 is 1.03 bits per heavy atom. The molecule has 0 aromatic heterocycles. The predicted molar refractivity (Wildman–Crippen MR) is 135 cm³/mol. The maximum Gasteiger partial charge on any atom is 0.228 e. The van der Waals surface area contributed by atoms with E-state index in [0.29, 0.717) is 0 Å². The van der Waals surface area contributed by atoms with Crippen LogP contribution in [0.15, 0.2) is 23.3 Å². The first-order valence-electron chi connectivity index (χ1n) is 13.3. The summed E-state index contributed by atoms with van der Waals surface area (Å²) in [5.74, 6) is -0.409. The molecule has 0 aromatic rings. The Morgan fingerprint density at radius 3 is 2.31 bits per heavy atom. The first-order valence-corrected chi connectivity index (χ1v) is 13.7. The number of carbonyl (C=O) groups excluding carboxylic acids is 3. The molecule has 0 spiro atoms. The van der Waals surface area contributed by atoms with Crippen LogP contribution in [0, 0.1) is 62.1 Å². The third-order valence-corrected chi connectivity index (χ3v) is 12.3. The van der Waals surface area contributed by atoms with E-state index in [1.54, 1.807) is 0 Å². The number of allylic oxidation sites excluding steroid dienone is 4. The van der Waals surface area contributed by atoms with Gasteiger partial charge in [0.1, 0.15) is 6.07 Å². The number of ketones is 2. The topological polar surface area (TPSA) is 75.0 Å². The number of carbonyl (C=O) groups is 3. The van der Waals surface area contributed by atoms with Crippen molar-refractivity contribution < 1.29 is 14.4 Å². The van der Waals surface area contributed by atoms with Crippen molar-refractivity contribution in [3.63, 3.8) is 0 Å². The van der Waals surface area contributed by atoms with Crippen molar-refractivity contribution in [3.05, 3.63) is 23.3 Å². The lowest BCUT2D eigenvalue weighted by molar-refractivity contribution is -0.172. The molecule has 0 amide bonds. The quantitative estimate of drug-likeness (QED) is 0.385. The molecule has 3 fully saturated rings. The number of Topliss-reactive ketones (excluding diaryl/α,β-unsaturated/α-hetero) is 1. The number of nitriles is 1. The zero-order chi connectivity index (χ0) is 25.8. The van der Waals surface area contributed by atoms with Crippen LogP contribution in [0.3, 0.4) is 0 Å². The first kappa shape index (κ1) is 24.9. The normalized spacial score (nSPS) is 48.3. The summed E-state index contributed by atoms with van der Waals surface area (Å²) in [4.78, 5) is 40.0. The molecule has 0 aromatic carbocycles. The number of hydrogen-bond donors (Lipinski definition) is 0. The summed E-state index contributed by atoms with van der Waals surface area (Å²) in [7, 11) is 0. The maximum absolute atomic E-state index is 14.2.